The van der Waals surface area contributed by atoms with Crippen molar-refractivity contribution in [1.29, 1.82) is 0 Å². The van der Waals surface area contributed by atoms with E-state index in [1.54, 1.807) is 42.5 Å². The standard InChI is InChI=1S/C29H23N3O5S2/c1-16-7-5-9-18(13-16)30-21(33)15-37-20-12-6-8-17(14-20)22-23-25(38-26-24(22)39-29(36)31-26)28(35)32(27(23)34)19-10-3-2-4-11-19/h2-14,22-23,25H,15H2,1H3,(H,30,33)(H,31,36)/t22-,23-,25+/m0/s1. The van der Waals surface area contributed by atoms with Gasteiger partial charge in [-0.1, -0.05) is 65.6 Å². The number of nitrogens with zero attached hydrogens (tertiary/aromatic N) is 1. The number of carbonyl (C=O) groups is 3. The maximum atomic E-state index is 13.8. The molecule has 2 aliphatic rings. The fourth-order valence-electron chi connectivity index (χ4n) is 5.07. The third kappa shape index (κ3) is 4.77. The van der Waals surface area contributed by atoms with Crippen molar-refractivity contribution in [2.75, 3.05) is 16.8 Å². The zero-order chi connectivity index (χ0) is 27.1. The topological polar surface area (TPSA) is 109 Å². The Balaban J connectivity index is 1.29. The molecular weight excluding hydrogens is 534 g/mol. The van der Waals surface area contributed by atoms with E-state index in [2.05, 4.69) is 10.3 Å². The second kappa shape index (κ2) is 10.2. The number of nitrogens with one attached hydrogen (secondary N) is 2. The molecule has 0 spiro atoms. The number of amides is 3. The van der Waals surface area contributed by atoms with E-state index in [4.69, 9.17) is 4.74 Å². The molecule has 4 aromatic rings. The number of aromatic nitrogens is 1. The zero-order valence-electron chi connectivity index (χ0n) is 20.7. The molecule has 10 heteroatoms. The molecule has 0 unspecified atom stereocenters. The largest absolute Gasteiger partial charge is 0.484 e. The SMILES string of the molecule is Cc1cccc(NC(=O)COc2cccc([C@@H]3c4sc(=O)[nH]c4S[C@H]4C(=O)N(c5ccccc5)C(=O)[C@@H]34)c2)c1. The van der Waals surface area contributed by atoms with Crippen LogP contribution in [-0.2, 0) is 14.4 Å². The molecule has 2 aliphatic heterocycles. The summed E-state index contributed by atoms with van der Waals surface area (Å²) in [6, 6.07) is 23.5. The van der Waals surface area contributed by atoms with Gasteiger partial charge in [0, 0.05) is 16.5 Å². The number of rotatable bonds is 6. The lowest BCUT2D eigenvalue weighted by Crippen LogP contribution is -2.32. The third-order valence-electron chi connectivity index (χ3n) is 6.73. The lowest BCUT2D eigenvalue weighted by Gasteiger charge is -2.30. The number of thiazole rings is 1. The van der Waals surface area contributed by atoms with Crippen molar-refractivity contribution in [1.82, 2.24) is 4.98 Å². The van der Waals surface area contributed by atoms with Gasteiger partial charge in [-0.25, -0.2) is 4.90 Å². The Kier molecular flexibility index (Phi) is 6.58. The highest BCUT2D eigenvalue weighted by Gasteiger charge is 2.56. The van der Waals surface area contributed by atoms with Gasteiger partial charge in [0.05, 0.1) is 16.6 Å². The van der Waals surface area contributed by atoms with E-state index >= 15 is 0 Å². The number of anilines is 2. The first-order valence-electron chi connectivity index (χ1n) is 12.3. The van der Waals surface area contributed by atoms with Crippen molar-refractivity contribution in [2.24, 2.45) is 5.92 Å². The molecule has 39 heavy (non-hydrogen) atoms. The lowest BCUT2D eigenvalue weighted by atomic mass is 9.83. The van der Waals surface area contributed by atoms with E-state index in [9.17, 15) is 19.2 Å². The van der Waals surface area contributed by atoms with Crippen LogP contribution in [-0.4, -0.2) is 34.6 Å². The molecule has 3 atom stereocenters. The normalized spacial score (nSPS) is 19.9. The summed E-state index contributed by atoms with van der Waals surface area (Å²) >= 11 is 2.29. The Bertz CT molecular complexity index is 1650. The van der Waals surface area contributed by atoms with Crippen LogP contribution in [0.3, 0.4) is 0 Å². The van der Waals surface area contributed by atoms with E-state index in [0.29, 0.717) is 22.2 Å². The highest BCUT2D eigenvalue weighted by Crippen LogP contribution is 2.53. The molecule has 1 aromatic heterocycles. The van der Waals surface area contributed by atoms with Crippen LogP contribution >= 0.6 is 23.1 Å². The summed E-state index contributed by atoms with van der Waals surface area (Å²) < 4.78 is 5.80. The number of carbonyl (C=O) groups excluding carboxylic acids is 3. The van der Waals surface area contributed by atoms with Crippen LogP contribution < -0.4 is 19.8 Å². The van der Waals surface area contributed by atoms with Crippen LogP contribution in [0, 0.1) is 12.8 Å². The van der Waals surface area contributed by atoms with E-state index in [1.165, 1.54) is 16.7 Å². The number of hydrogen-bond donors (Lipinski definition) is 2. The molecule has 0 bridgehead atoms. The van der Waals surface area contributed by atoms with Gasteiger partial charge in [-0.15, -0.1) is 0 Å². The maximum absolute atomic E-state index is 13.8. The molecule has 1 saturated heterocycles. The highest BCUT2D eigenvalue weighted by molar-refractivity contribution is 8.00. The second-order valence-corrected chi connectivity index (χ2v) is 11.5. The number of fused-ring (bicyclic) bond motifs is 2. The minimum Gasteiger partial charge on any atom is -0.484 e. The molecule has 6 rings (SSSR count). The molecular formula is C29H23N3O5S2. The molecule has 2 N–H and O–H groups in total. The lowest BCUT2D eigenvalue weighted by molar-refractivity contribution is -0.122. The van der Waals surface area contributed by atoms with Gasteiger partial charge in [0.25, 0.3) is 5.91 Å². The predicted molar refractivity (Wildman–Crippen MR) is 151 cm³/mol. The number of para-hydroxylation sites is 1. The molecule has 3 aromatic carbocycles. The number of hydrogen-bond acceptors (Lipinski definition) is 7. The van der Waals surface area contributed by atoms with Gasteiger partial charge in [0.15, 0.2) is 6.61 Å². The highest BCUT2D eigenvalue weighted by atomic mass is 32.2. The van der Waals surface area contributed by atoms with E-state index in [0.717, 1.165) is 27.3 Å². The van der Waals surface area contributed by atoms with Crippen LogP contribution in [0.1, 0.15) is 21.9 Å². The molecule has 1 fully saturated rings. The number of thioether (sulfide) groups is 1. The maximum Gasteiger partial charge on any atom is 0.305 e. The quantitative estimate of drug-likeness (QED) is 0.337. The Labute approximate surface area is 232 Å². The second-order valence-electron chi connectivity index (χ2n) is 9.38. The average Bonchev–Trinajstić information content (AvgIpc) is 3.42. The van der Waals surface area contributed by atoms with Gasteiger partial charge in [-0.05, 0) is 54.4 Å². The summed E-state index contributed by atoms with van der Waals surface area (Å²) in [5, 5.41) is 2.75. The average molecular weight is 558 g/mol. The monoisotopic (exact) mass is 557 g/mol. The Hall–Kier alpha value is -4.15. The first-order chi connectivity index (χ1) is 18.9. The van der Waals surface area contributed by atoms with Crippen molar-refractivity contribution in [3.05, 3.63) is 105 Å². The van der Waals surface area contributed by atoms with Gasteiger partial charge in [0.1, 0.15) is 11.0 Å². The van der Waals surface area contributed by atoms with Gasteiger partial charge < -0.3 is 15.0 Å². The number of ether oxygens (including phenoxy) is 1. The zero-order valence-corrected chi connectivity index (χ0v) is 22.4. The summed E-state index contributed by atoms with van der Waals surface area (Å²) in [4.78, 5) is 56.6. The first kappa shape index (κ1) is 25.1. The van der Waals surface area contributed by atoms with E-state index < -0.39 is 17.1 Å². The van der Waals surface area contributed by atoms with E-state index in [-0.39, 0.29) is 29.2 Å². The fourth-order valence-corrected chi connectivity index (χ4v) is 7.59. The van der Waals surface area contributed by atoms with Crippen LogP contribution in [0.15, 0.2) is 88.7 Å². The van der Waals surface area contributed by atoms with Gasteiger partial charge in [-0.3, -0.25) is 19.2 Å². The van der Waals surface area contributed by atoms with Crippen molar-refractivity contribution in [2.45, 2.75) is 23.1 Å². The Morgan fingerprint density at radius 3 is 2.56 bits per heavy atom. The van der Waals surface area contributed by atoms with Crippen molar-refractivity contribution < 1.29 is 19.1 Å². The van der Waals surface area contributed by atoms with Gasteiger partial charge in [0.2, 0.25) is 11.8 Å². The summed E-state index contributed by atoms with van der Waals surface area (Å²) in [5.74, 6) is -1.68. The van der Waals surface area contributed by atoms with Gasteiger partial charge >= 0.3 is 4.87 Å². The molecule has 0 saturated carbocycles. The van der Waals surface area contributed by atoms with E-state index in [1.807, 2.05) is 43.3 Å². The van der Waals surface area contributed by atoms with Crippen molar-refractivity contribution in [3.8, 4) is 5.75 Å². The summed E-state index contributed by atoms with van der Waals surface area (Å²) in [7, 11) is 0. The van der Waals surface area contributed by atoms with Crippen LogP contribution in [0.5, 0.6) is 5.75 Å². The van der Waals surface area contributed by atoms with Gasteiger partial charge in [-0.2, -0.15) is 0 Å². The number of imide groups is 1. The van der Waals surface area contributed by atoms with Crippen LogP contribution in [0.2, 0.25) is 0 Å². The molecule has 3 amide bonds. The molecule has 8 nitrogen and oxygen atoms in total. The summed E-state index contributed by atoms with van der Waals surface area (Å²) in [5.41, 5.74) is 2.97. The Morgan fingerprint density at radius 2 is 1.77 bits per heavy atom. The predicted octanol–water partition coefficient (Wildman–Crippen LogP) is 4.56. The summed E-state index contributed by atoms with van der Waals surface area (Å²) in [6.07, 6.45) is 0. The van der Waals surface area contributed by atoms with Crippen molar-refractivity contribution >= 4 is 52.2 Å². The van der Waals surface area contributed by atoms with Crippen molar-refractivity contribution in [3.63, 3.8) is 0 Å². The fraction of sp³-hybridized carbons (Fsp3) is 0.172. The first-order valence-corrected chi connectivity index (χ1v) is 14.0. The third-order valence-corrected chi connectivity index (χ3v) is 9.13. The summed E-state index contributed by atoms with van der Waals surface area (Å²) in [6.45, 7) is 1.74. The number of aromatic amines is 1. The van der Waals surface area contributed by atoms with Crippen LogP contribution in [0.25, 0.3) is 0 Å². The number of benzene rings is 3. The molecule has 0 aliphatic carbocycles. The molecule has 3 heterocycles. The Morgan fingerprint density at radius 1 is 0.974 bits per heavy atom. The number of H-pyrrole nitrogens is 1. The minimum absolute atomic E-state index is 0.202. The number of aryl methyl sites for hydroxylation is 1. The smallest absolute Gasteiger partial charge is 0.305 e. The molecule has 196 valence electrons. The van der Waals surface area contributed by atoms with Crippen LogP contribution in [0.4, 0.5) is 11.4 Å². The molecule has 0 radical (unpaired) electrons. The minimum atomic E-state index is -0.693.